The van der Waals surface area contributed by atoms with E-state index >= 15 is 0 Å². The number of rotatable bonds is 6. The van der Waals surface area contributed by atoms with Gasteiger partial charge in [0.15, 0.2) is 0 Å². The number of nitrogens with zero attached hydrogens (tertiary/aromatic N) is 4. The summed E-state index contributed by atoms with van der Waals surface area (Å²) in [5.41, 5.74) is 5.97. The fourth-order valence-electron chi connectivity index (χ4n) is 5.27. The molecule has 3 aromatic carbocycles. The molecule has 37 heavy (non-hydrogen) atoms. The first-order valence-electron chi connectivity index (χ1n) is 12.8. The second-order valence-electron chi connectivity index (χ2n) is 9.81. The Morgan fingerprint density at radius 2 is 1.78 bits per heavy atom. The number of anilines is 1. The molecule has 7 heteroatoms. The Morgan fingerprint density at radius 3 is 2.51 bits per heavy atom. The van der Waals surface area contributed by atoms with Crippen LogP contribution >= 0.6 is 0 Å². The van der Waals surface area contributed by atoms with E-state index in [4.69, 9.17) is 9.84 Å². The number of methoxy groups -OCH3 is 1. The SMILES string of the molecule is COc1cccc(C2CC(c3ccc(C)cc3C)=NN2C(=O)CN2CCN(c3ccccc3F)CC2)c1. The van der Waals surface area contributed by atoms with Gasteiger partial charge in [-0.25, -0.2) is 9.40 Å². The number of hydrogen-bond donors (Lipinski definition) is 0. The first-order chi connectivity index (χ1) is 17.9. The Labute approximate surface area is 217 Å². The average Bonchev–Trinajstić information content (AvgIpc) is 3.35. The zero-order chi connectivity index (χ0) is 25.9. The largest absolute Gasteiger partial charge is 0.497 e. The summed E-state index contributed by atoms with van der Waals surface area (Å²) < 4.78 is 19.7. The number of hydrogen-bond acceptors (Lipinski definition) is 5. The summed E-state index contributed by atoms with van der Waals surface area (Å²) in [6.07, 6.45) is 0.643. The van der Waals surface area contributed by atoms with Crippen molar-refractivity contribution in [3.05, 3.63) is 94.8 Å². The normalized spacial score (nSPS) is 18.2. The van der Waals surface area contributed by atoms with E-state index in [1.54, 1.807) is 18.2 Å². The monoisotopic (exact) mass is 500 g/mol. The van der Waals surface area contributed by atoms with Gasteiger partial charge >= 0.3 is 0 Å². The van der Waals surface area contributed by atoms with E-state index in [1.807, 2.05) is 41.3 Å². The molecule has 1 fully saturated rings. The van der Waals surface area contributed by atoms with E-state index in [-0.39, 0.29) is 24.3 Å². The van der Waals surface area contributed by atoms with Crippen molar-refractivity contribution in [2.45, 2.75) is 26.3 Å². The van der Waals surface area contributed by atoms with Crippen LogP contribution in [0.5, 0.6) is 5.75 Å². The maximum Gasteiger partial charge on any atom is 0.257 e. The Balaban J connectivity index is 1.34. The van der Waals surface area contributed by atoms with E-state index in [0.717, 1.165) is 28.2 Å². The second-order valence-corrected chi connectivity index (χ2v) is 9.81. The van der Waals surface area contributed by atoms with Gasteiger partial charge in [-0.3, -0.25) is 9.69 Å². The smallest absolute Gasteiger partial charge is 0.257 e. The van der Waals surface area contributed by atoms with Crippen LogP contribution in [0.2, 0.25) is 0 Å². The third-order valence-electron chi connectivity index (χ3n) is 7.26. The highest BCUT2D eigenvalue weighted by Gasteiger charge is 2.35. The standard InChI is InChI=1S/C30H33FN4O2/c1-21-11-12-25(22(2)17-21)27-19-29(23-7-6-8-24(18-23)37-3)35(32-27)30(36)20-33-13-15-34(16-14-33)28-10-5-4-9-26(28)31/h4-12,17-18,29H,13-16,19-20H2,1-3H3. The summed E-state index contributed by atoms with van der Waals surface area (Å²) in [7, 11) is 1.65. The molecule has 3 aromatic rings. The van der Waals surface area contributed by atoms with Gasteiger partial charge in [-0.05, 0) is 49.2 Å². The molecule has 192 valence electrons. The molecule has 2 aliphatic rings. The molecular weight excluding hydrogens is 467 g/mol. The number of amides is 1. The van der Waals surface area contributed by atoms with Crippen LogP contribution in [0.1, 0.15) is 34.7 Å². The third-order valence-corrected chi connectivity index (χ3v) is 7.26. The van der Waals surface area contributed by atoms with Crippen molar-refractivity contribution < 1.29 is 13.9 Å². The number of benzene rings is 3. The minimum Gasteiger partial charge on any atom is -0.497 e. The molecule has 0 aliphatic carbocycles. The molecule has 2 aliphatic heterocycles. The van der Waals surface area contributed by atoms with Gasteiger partial charge in [0.1, 0.15) is 11.6 Å². The van der Waals surface area contributed by atoms with Crippen molar-refractivity contribution in [1.29, 1.82) is 0 Å². The number of halogens is 1. The molecule has 0 aromatic heterocycles. The lowest BCUT2D eigenvalue weighted by Crippen LogP contribution is -2.49. The van der Waals surface area contributed by atoms with Gasteiger partial charge in [0, 0.05) is 38.2 Å². The summed E-state index contributed by atoms with van der Waals surface area (Å²) >= 11 is 0. The van der Waals surface area contributed by atoms with Crippen LogP contribution < -0.4 is 9.64 Å². The number of hydrazone groups is 1. The molecule has 5 rings (SSSR count). The zero-order valence-electron chi connectivity index (χ0n) is 21.7. The zero-order valence-corrected chi connectivity index (χ0v) is 21.7. The molecule has 2 heterocycles. The lowest BCUT2D eigenvalue weighted by molar-refractivity contribution is -0.134. The maximum absolute atomic E-state index is 14.2. The molecule has 1 saturated heterocycles. The molecule has 0 saturated carbocycles. The van der Waals surface area contributed by atoms with Gasteiger partial charge in [0.05, 0.1) is 31.1 Å². The molecular formula is C30H33FN4O2. The lowest BCUT2D eigenvalue weighted by Gasteiger charge is -2.36. The highest BCUT2D eigenvalue weighted by atomic mass is 19.1. The average molecular weight is 501 g/mol. The van der Waals surface area contributed by atoms with Gasteiger partial charge in [0.2, 0.25) is 0 Å². The molecule has 0 N–H and O–H groups in total. The maximum atomic E-state index is 14.2. The third kappa shape index (κ3) is 5.37. The van der Waals surface area contributed by atoms with Gasteiger partial charge in [0.25, 0.3) is 5.91 Å². The number of carbonyl (C=O) groups excluding carboxylic acids is 1. The van der Waals surface area contributed by atoms with E-state index < -0.39 is 0 Å². The van der Waals surface area contributed by atoms with Crippen LogP contribution in [0.25, 0.3) is 0 Å². The van der Waals surface area contributed by atoms with Crippen molar-refractivity contribution >= 4 is 17.3 Å². The molecule has 0 radical (unpaired) electrons. The Hall–Kier alpha value is -3.71. The number of ether oxygens (including phenoxy) is 1. The van der Waals surface area contributed by atoms with Crippen LogP contribution in [-0.4, -0.2) is 61.4 Å². The van der Waals surface area contributed by atoms with Crippen LogP contribution in [-0.2, 0) is 4.79 Å². The summed E-state index contributed by atoms with van der Waals surface area (Å²) in [5.74, 6) is 0.513. The van der Waals surface area contributed by atoms with Crippen molar-refractivity contribution in [2.75, 3.05) is 44.7 Å². The van der Waals surface area contributed by atoms with Crippen LogP contribution in [0, 0.1) is 19.7 Å². The molecule has 0 bridgehead atoms. The van der Waals surface area contributed by atoms with Gasteiger partial charge in [-0.1, -0.05) is 48.0 Å². The fourth-order valence-corrected chi connectivity index (χ4v) is 5.27. The predicted octanol–water partition coefficient (Wildman–Crippen LogP) is 4.95. The fraction of sp³-hybridized carbons (Fsp3) is 0.333. The van der Waals surface area contributed by atoms with Gasteiger partial charge < -0.3 is 9.64 Å². The van der Waals surface area contributed by atoms with E-state index in [1.165, 1.54) is 11.6 Å². The van der Waals surface area contributed by atoms with Gasteiger partial charge in [-0.15, -0.1) is 0 Å². The summed E-state index contributed by atoms with van der Waals surface area (Å²) in [6, 6.07) is 20.9. The molecule has 6 nitrogen and oxygen atoms in total. The van der Waals surface area contributed by atoms with Crippen molar-refractivity contribution in [1.82, 2.24) is 9.91 Å². The summed E-state index contributed by atoms with van der Waals surface area (Å²) in [6.45, 7) is 7.15. The highest BCUT2D eigenvalue weighted by molar-refractivity contribution is 6.04. The highest BCUT2D eigenvalue weighted by Crippen LogP contribution is 2.35. The number of aryl methyl sites for hydroxylation is 2. The van der Waals surface area contributed by atoms with Crippen molar-refractivity contribution in [2.24, 2.45) is 5.10 Å². The van der Waals surface area contributed by atoms with Crippen LogP contribution in [0.4, 0.5) is 10.1 Å². The first kappa shape index (κ1) is 25.0. The molecule has 1 amide bonds. The number of carbonyl (C=O) groups is 1. The first-order valence-corrected chi connectivity index (χ1v) is 12.8. The number of para-hydroxylation sites is 1. The topological polar surface area (TPSA) is 48.4 Å². The van der Waals surface area contributed by atoms with Crippen LogP contribution in [0.3, 0.4) is 0 Å². The van der Waals surface area contributed by atoms with Gasteiger partial charge in [-0.2, -0.15) is 5.10 Å². The molecule has 1 atom stereocenters. The molecule has 1 unspecified atom stereocenters. The predicted molar refractivity (Wildman–Crippen MR) is 145 cm³/mol. The lowest BCUT2D eigenvalue weighted by atomic mass is 9.95. The Morgan fingerprint density at radius 1 is 1.00 bits per heavy atom. The van der Waals surface area contributed by atoms with Crippen molar-refractivity contribution in [3.63, 3.8) is 0 Å². The minimum absolute atomic E-state index is 0.0353. The van der Waals surface area contributed by atoms with Crippen molar-refractivity contribution in [3.8, 4) is 5.75 Å². The summed E-state index contributed by atoms with van der Waals surface area (Å²) in [4.78, 5) is 17.8. The Bertz CT molecular complexity index is 1320. The molecule has 0 spiro atoms. The Kier molecular flexibility index (Phi) is 7.24. The van der Waals surface area contributed by atoms with E-state index in [0.29, 0.717) is 38.3 Å². The second kappa shape index (κ2) is 10.7. The van der Waals surface area contributed by atoms with E-state index in [2.05, 4.69) is 36.9 Å². The van der Waals surface area contributed by atoms with E-state index in [9.17, 15) is 9.18 Å². The quantitative estimate of drug-likeness (QED) is 0.481. The number of piperazine rings is 1. The van der Waals surface area contributed by atoms with Crippen LogP contribution in [0.15, 0.2) is 71.8 Å². The minimum atomic E-state index is -0.210. The summed E-state index contributed by atoms with van der Waals surface area (Å²) in [5, 5.41) is 6.53.